The quantitative estimate of drug-likeness (QED) is 0.642. The fourth-order valence-corrected chi connectivity index (χ4v) is 3.48. The van der Waals surface area contributed by atoms with E-state index in [9.17, 15) is 21.6 Å². The second kappa shape index (κ2) is 8.34. The number of primary sulfonamides is 1. The van der Waals surface area contributed by atoms with Gasteiger partial charge >= 0.3 is 6.18 Å². The smallest absolute Gasteiger partial charge is 0.271 e. The van der Waals surface area contributed by atoms with Gasteiger partial charge in [0.25, 0.3) is 0 Å². The molecule has 0 radical (unpaired) electrons. The first-order valence-corrected chi connectivity index (χ1v) is 10.4. The molecule has 0 atom stereocenters. The van der Waals surface area contributed by atoms with Crippen LogP contribution in [0.3, 0.4) is 0 Å². The summed E-state index contributed by atoms with van der Waals surface area (Å²) in [4.78, 5) is -0.0368. The molecule has 156 valence electrons. The zero-order valence-electron chi connectivity index (χ0n) is 15.9. The van der Waals surface area contributed by atoms with Gasteiger partial charge in [0, 0.05) is 12.6 Å². The molecule has 0 aliphatic rings. The predicted molar refractivity (Wildman–Crippen MR) is 106 cm³/mol. The summed E-state index contributed by atoms with van der Waals surface area (Å²) in [5, 5.41) is 9.31. The maximum Gasteiger partial charge on any atom is 0.416 e. The van der Waals surface area contributed by atoms with Gasteiger partial charge in [0.2, 0.25) is 10.0 Å². The highest BCUT2D eigenvalue weighted by atomic mass is 32.2. The topological polar surface area (TPSA) is 78.0 Å². The fraction of sp³-hybridized carbons (Fsp3) is 0.190. The van der Waals surface area contributed by atoms with E-state index >= 15 is 0 Å². The summed E-state index contributed by atoms with van der Waals surface area (Å²) in [6, 6.07) is 11.2. The van der Waals surface area contributed by atoms with E-state index < -0.39 is 21.8 Å². The number of sulfonamides is 1. The molecule has 3 aromatic rings. The molecular weight excluding hydrogens is 415 g/mol. The molecule has 0 saturated carbocycles. The number of nitrogens with two attached hydrogens (primary N) is 1. The van der Waals surface area contributed by atoms with E-state index in [0.717, 1.165) is 17.8 Å². The summed E-state index contributed by atoms with van der Waals surface area (Å²) in [6.45, 7) is 0. The molecule has 1 heterocycles. The van der Waals surface area contributed by atoms with Crippen molar-refractivity contribution in [1.29, 1.82) is 0 Å². The van der Waals surface area contributed by atoms with Crippen molar-refractivity contribution in [1.82, 2.24) is 9.78 Å². The van der Waals surface area contributed by atoms with Crippen molar-refractivity contribution in [2.24, 2.45) is 12.2 Å². The Morgan fingerprint density at radius 3 is 2.50 bits per heavy atom. The number of aromatic nitrogens is 2. The molecule has 0 fully saturated rings. The molecular formula is C21H18F3N3O2S. The lowest BCUT2D eigenvalue weighted by molar-refractivity contribution is -0.137. The van der Waals surface area contributed by atoms with E-state index in [0.29, 0.717) is 29.5 Å². The third-order valence-corrected chi connectivity index (χ3v) is 5.38. The highest BCUT2D eigenvalue weighted by molar-refractivity contribution is 7.89. The van der Waals surface area contributed by atoms with Gasteiger partial charge in [0.05, 0.1) is 27.9 Å². The standard InChI is InChI=1S/C21H18F3N3O2S/c1-27-20(11-9-15-4-2-6-18(12-15)21(22,23)24)17(14-26-27)10-8-16-5-3-7-19(13-16)30(25,28)29/h2-7,12-14H,9,11H2,1H3,(H2,25,28,29). The van der Waals surface area contributed by atoms with Crippen LogP contribution in [0, 0.1) is 11.8 Å². The number of benzene rings is 2. The molecule has 0 amide bonds. The summed E-state index contributed by atoms with van der Waals surface area (Å²) >= 11 is 0. The van der Waals surface area contributed by atoms with E-state index in [1.54, 1.807) is 36.1 Å². The Balaban J connectivity index is 1.82. The van der Waals surface area contributed by atoms with Crippen LogP contribution in [0.15, 0.2) is 59.6 Å². The Labute approximate surface area is 172 Å². The second-order valence-electron chi connectivity index (χ2n) is 6.65. The Hall–Kier alpha value is -3.09. The number of aryl methyl sites for hydroxylation is 2. The maximum atomic E-state index is 12.9. The molecule has 0 spiro atoms. The van der Waals surface area contributed by atoms with Gasteiger partial charge in [0.1, 0.15) is 0 Å². The van der Waals surface area contributed by atoms with Gasteiger partial charge in [0.15, 0.2) is 0 Å². The molecule has 1 aromatic heterocycles. The summed E-state index contributed by atoms with van der Waals surface area (Å²) in [5.74, 6) is 5.83. The van der Waals surface area contributed by atoms with Crippen LogP contribution < -0.4 is 5.14 Å². The fourth-order valence-electron chi connectivity index (χ4n) is 2.92. The third kappa shape index (κ3) is 5.28. The van der Waals surface area contributed by atoms with Crippen LogP contribution >= 0.6 is 0 Å². The highest BCUT2D eigenvalue weighted by Gasteiger charge is 2.30. The van der Waals surface area contributed by atoms with Crippen molar-refractivity contribution in [3.05, 3.63) is 82.7 Å². The maximum absolute atomic E-state index is 12.9. The number of nitrogens with zero attached hydrogens (tertiary/aromatic N) is 2. The van der Waals surface area contributed by atoms with Gasteiger partial charge in [-0.2, -0.15) is 18.3 Å². The van der Waals surface area contributed by atoms with Gasteiger partial charge < -0.3 is 0 Å². The minimum atomic E-state index is -4.38. The first-order valence-electron chi connectivity index (χ1n) is 8.86. The largest absolute Gasteiger partial charge is 0.416 e. The highest BCUT2D eigenvalue weighted by Crippen LogP contribution is 2.29. The van der Waals surface area contributed by atoms with Crippen LogP contribution in [0.4, 0.5) is 13.2 Å². The number of halogens is 3. The lowest BCUT2D eigenvalue weighted by Gasteiger charge is -2.09. The van der Waals surface area contributed by atoms with Gasteiger partial charge in [-0.15, -0.1) is 0 Å². The summed E-state index contributed by atoms with van der Waals surface area (Å²) in [6.07, 6.45) is -1.99. The monoisotopic (exact) mass is 433 g/mol. The van der Waals surface area contributed by atoms with Gasteiger partial charge in [-0.05, 0) is 42.7 Å². The summed E-state index contributed by atoms with van der Waals surface area (Å²) < 4.78 is 63.2. The van der Waals surface area contributed by atoms with Gasteiger partial charge in [-0.25, -0.2) is 13.6 Å². The van der Waals surface area contributed by atoms with Crippen molar-refractivity contribution >= 4 is 10.0 Å². The predicted octanol–water partition coefficient (Wildman–Crippen LogP) is 3.27. The van der Waals surface area contributed by atoms with Crippen molar-refractivity contribution < 1.29 is 21.6 Å². The number of hydrogen-bond donors (Lipinski definition) is 1. The number of hydrogen-bond acceptors (Lipinski definition) is 3. The van der Waals surface area contributed by atoms with E-state index in [2.05, 4.69) is 16.9 Å². The Kier molecular flexibility index (Phi) is 6.01. The molecule has 2 aromatic carbocycles. The molecule has 0 bridgehead atoms. The lowest BCUT2D eigenvalue weighted by atomic mass is 10.0. The van der Waals surface area contributed by atoms with E-state index in [1.165, 1.54) is 18.2 Å². The molecule has 2 N–H and O–H groups in total. The van der Waals surface area contributed by atoms with Crippen LogP contribution in [-0.4, -0.2) is 18.2 Å². The molecule has 0 unspecified atom stereocenters. The van der Waals surface area contributed by atoms with Crippen molar-refractivity contribution in [3.63, 3.8) is 0 Å². The molecule has 5 nitrogen and oxygen atoms in total. The average molecular weight is 433 g/mol. The Morgan fingerprint density at radius 2 is 1.80 bits per heavy atom. The Bertz CT molecular complexity index is 1240. The molecule has 0 aliphatic carbocycles. The van der Waals surface area contributed by atoms with Crippen LogP contribution in [0.2, 0.25) is 0 Å². The molecule has 9 heteroatoms. The van der Waals surface area contributed by atoms with Crippen molar-refractivity contribution in [2.45, 2.75) is 23.9 Å². The van der Waals surface area contributed by atoms with Gasteiger partial charge in [-0.1, -0.05) is 36.1 Å². The summed E-state index contributed by atoms with van der Waals surface area (Å²) in [7, 11) is -2.10. The first-order chi connectivity index (χ1) is 14.0. The van der Waals surface area contributed by atoms with Crippen LogP contribution in [0.1, 0.15) is 27.9 Å². The zero-order chi connectivity index (χ0) is 21.9. The molecule has 0 aliphatic heterocycles. The molecule has 0 saturated heterocycles. The summed E-state index contributed by atoms with van der Waals surface area (Å²) in [5.41, 5.74) is 1.73. The normalized spacial score (nSPS) is 11.8. The number of alkyl halides is 3. The minimum absolute atomic E-state index is 0.0368. The third-order valence-electron chi connectivity index (χ3n) is 4.47. The minimum Gasteiger partial charge on any atom is -0.271 e. The Morgan fingerprint density at radius 1 is 1.07 bits per heavy atom. The van der Waals surface area contributed by atoms with Crippen LogP contribution in [0.5, 0.6) is 0 Å². The molecule has 30 heavy (non-hydrogen) atoms. The number of rotatable bonds is 4. The van der Waals surface area contributed by atoms with E-state index in [4.69, 9.17) is 5.14 Å². The SMILES string of the molecule is Cn1ncc(C#Cc2cccc(S(N)(=O)=O)c2)c1CCc1cccc(C(F)(F)F)c1. The first kappa shape index (κ1) is 21.6. The van der Waals surface area contributed by atoms with Crippen molar-refractivity contribution in [3.8, 4) is 11.8 Å². The second-order valence-corrected chi connectivity index (χ2v) is 8.21. The van der Waals surface area contributed by atoms with Crippen LogP contribution in [0.25, 0.3) is 0 Å². The van der Waals surface area contributed by atoms with Crippen LogP contribution in [-0.2, 0) is 36.1 Å². The van der Waals surface area contributed by atoms with Gasteiger partial charge in [-0.3, -0.25) is 4.68 Å². The van der Waals surface area contributed by atoms with E-state index in [-0.39, 0.29) is 4.90 Å². The average Bonchev–Trinajstić information content (AvgIpc) is 3.03. The lowest BCUT2D eigenvalue weighted by Crippen LogP contribution is -2.11. The zero-order valence-corrected chi connectivity index (χ0v) is 16.8. The van der Waals surface area contributed by atoms with E-state index in [1.807, 2.05) is 0 Å². The van der Waals surface area contributed by atoms with Crippen molar-refractivity contribution in [2.75, 3.05) is 0 Å². The molecule has 3 rings (SSSR count).